The first-order valence-corrected chi connectivity index (χ1v) is 12.8. The second-order valence-corrected chi connectivity index (χ2v) is 9.78. The molecular formula is C28H34N6O. The van der Waals surface area contributed by atoms with E-state index in [1.165, 1.54) is 24.8 Å². The van der Waals surface area contributed by atoms with Crippen LogP contribution in [0.5, 0.6) is 0 Å². The molecule has 2 aromatic heterocycles. The van der Waals surface area contributed by atoms with Crippen LogP contribution >= 0.6 is 0 Å². The Hall–Kier alpha value is -3.32. The first-order valence-electron chi connectivity index (χ1n) is 12.8. The van der Waals surface area contributed by atoms with E-state index in [-0.39, 0.29) is 11.6 Å². The molecule has 1 N–H and O–H groups in total. The fourth-order valence-corrected chi connectivity index (χ4v) is 5.47. The summed E-state index contributed by atoms with van der Waals surface area (Å²) in [5, 5.41) is 14.0. The summed E-state index contributed by atoms with van der Waals surface area (Å²) in [7, 11) is 0. The Labute approximate surface area is 206 Å². The third kappa shape index (κ3) is 5.20. The van der Waals surface area contributed by atoms with Crippen LogP contribution in [0.2, 0.25) is 0 Å². The van der Waals surface area contributed by atoms with Crippen molar-refractivity contribution < 1.29 is 0 Å². The van der Waals surface area contributed by atoms with Crippen molar-refractivity contribution >= 4 is 10.9 Å². The van der Waals surface area contributed by atoms with Gasteiger partial charge in [0.25, 0.3) is 5.56 Å². The van der Waals surface area contributed by atoms with Gasteiger partial charge in [-0.3, -0.25) is 9.69 Å². The van der Waals surface area contributed by atoms with Gasteiger partial charge in [0.1, 0.15) is 0 Å². The summed E-state index contributed by atoms with van der Waals surface area (Å²) >= 11 is 0. The van der Waals surface area contributed by atoms with Crippen molar-refractivity contribution in [3.8, 4) is 0 Å². The first kappa shape index (κ1) is 23.4. The number of nitrogens with one attached hydrogen (secondary N) is 1. The average molecular weight is 471 g/mol. The van der Waals surface area contributed by atoms with Crippen molar-refractivity contribution in [1.82, 2.24) is 30.1 Å². The fourth-order valence-electron chi connectivity index (χ4n) is 5.47. The summed E-state index contributed by atoms with van der Waals surface area (Å²) < 4.78 is 1.92. The molecule has 35 heavy (non-hydrogen) atoms. The van der Waals surface area contributed by atoms with Gasteiger partial charge in [-0.05, 0) is 65.3 Å². The molecular weight excluding hydrogens is 436 g/mol. The van der Waals surface area contributed by atoms with Crippen LogP contribution in [0.15, 0.2) is 59.4 Å². The standard InChI is InChI=1S/C28H34N6O/c1-3-26(27-30-31-32-34(27)18-21-10-6-4-7-11-21)33(24-12-8-5-9-13-24)19-23-17-22-15-14-20(2)16-25(22)29-28(23)35/h4,6-7,10-11,14-17,24,26H,3,5,8-9,12-13,18-19H2,1-2H3,(H,29,35). The molecule has 0 aliphatic heterocycles. The summed E-state index contributed by atoms with van der Waals surface area (Å²) in [5.41, 5.74) is 3.99. The molecule has 1 fully saturated rings. The van der Waals surface area contributed by atoms with Gasteiger partial charge in [-0.25, -0.2) is 4.68 Å². The summed E-state index contributed by atoms with van der Waals surface area (Å²) in [5.74, 6) is 0.870. The number of nitrogens with zero attached hydrogens (tertiary/aromatic N) is 5. The molecule has 0 bridgehead atoms. The topological polar surface area (TPSA) is 79.7 Å². The third-order valence-corrected chi connectivity index (χ3v) is 7.29. The Morgan fingerprint density at radius 2 is 1.89 bits per heavy atom. The van der Waals surface area contributed by atoms with E-state index in [4.69, 9.17) is 0 Å². The predicted molar refractivity (Wildman–Crippen MR) is 138 cm³/mol. The molecule has 1 unspecified atom stereocenters. The molecule has 7 nitrogen and oxygen atoms in total. The molecule has 0 saturated heterocycles. The molecule has 5 rings (SSSR count). The van der Waals surface area contributed by atoms with Crippen molar-refractivity contribution in [3.05, 3.63) is 87.5 Å². The molecule has 1 saturated carbocycles. The molecule has 0 amide bonds. The molecule has 2 aromatic carbocycles. The number of aromatic nitrogens is 5. The number of pyridine rings is 1. The second-order valence-electron chi connectivity index (χ2n) is 9.78. The number of rotatable bonds is 8. The molecule has 1 aliphatic rings. The minimum Gasteiger partial charge on any atom is -0.322 e. The normalized spacial score (nSPS) is 15.6. The lowest BCUT2D eigenvalue weighted by Gasteiger charge is -2.39. The minimum absolute atomic E-state index is 0.0114. The Morgan fingerprint density at radius 1 is 1.09 bits per heavy atom. The fraction of sp³-hybridized carbons (Fsp3) is 0.429. The molecule has 7 heteroatoms. The average Bonchev–Trinajstić information content (AvgIpc) is 3.33. The van der Waals surface area contributed by atoms with Gasteiger partial charge < -0.3 is 4.98 Å². The number of benzene rings is 2. The van der Waals surface area contributed by atoms with E-state index in [9.17, 15) is 4.79 Å². The van der Waals surface area contributed by atoms with Gasteiger partial charge in [0.2, 0.25) is 0 Å². The van der Waals surface area contributed by atoms with E-state index in [0.717, 1.165) is 47.1 Å². The highest BCUT2D eigenvalue weighted by molar-refractivity contribution is 5.79. The van der Waals surface area contributed by atoms with Crippen LogP contribution in [-0.4, -0.2) is 36.1 Å². The first-order chi connectivity index (χ1) is 17.1. The van der Waals surface area contributed by atoms with E-state index < -0.39 is 0 Å². The maximum Gasteiger partial charge on any atom is 0.252 e. The van der Waals surface area contributed by atoms with Crippen molar-refractivity contribution in [2.75, 3.05) is 0 Å². The highest BCUT2D eigenvalue weighted by Gasteiger charge is 2.32. The number of fused-ring (bicyclic) bond motifs is 1. The number of H-pyrrole nitrogens is 1. The van der Waals surface area contributed by atoms with Crippen molar-refractivity contribution in [3.63, 3.8) is 0 Å². The maximum absolute atomic E-state index is 13.1. The van der Waals surface area contributed by atoms with E-state index in [2.05, 4.69) is 62.7 Å². The Balaban J connectivity index is 1.50. The Kier molecular flexibility index (Phi) is 7.04. The monoisotopic (exact) mass is 470 g/mol. The van der Waals surface area contributed by atoms with Crippen LogP contribution in [0, 0.1) is 6.92 Å². The van der Waals surface area contributed by atoms with Crippen molar-refractivity contribution in [2.45, 2.75) is 77.5 Å². The van der Waals surface area contributed by atoms with E-state index in [1.807, 2.05) is 35.9 Å². The lowest BCUT2D eigenvalue weighted by Crippen LogP contribution is -2.41. The van der Waals surface area contributed by atoms with Crippen LogP contribution in [-0.2, 0) is 13.1 Å². The minimum atomic E-state index is -0.0114. The van der Waals surface area contributed by atoms with Gasteiger partial charge in [-0.1, -0.05) is 68.7 Å². The SMILES string of the molecule is CCC(c1nnnn1Cc1ccccc1)N(Cc1cc2ccc(C)cc2[nH]c1=O)C1CCCCC1. The van der Waals surface area contributed by atoms with Crippen LogP contribution in [0.3, 0.4) is 0 Å². The van der Waals surface area contributed by atoms with Crippen LogP contribution in [0.1, 0.15) is 74.0 Å². The van der Waals surface area contributed by atoms with Gasteiger partial charge in [-0.2, -0.15) is 0 Å². The van der Waals surface area contributed by atoms with Crippen LogP contribution in [0.25, 0.3) is 10.9 Å². The van der Waals surface area contributed by atoms with E-state index >= 15 is 0 Å². The number of aromatic amines is 1. The van der Waals surface area contributed by atoms with E-state index in [1.54, 1.807) is 0 Å². The number of hydrogen-bond acceptors (Lipinski definition) is 5. The molecule has 4 aromatic rings. The molecule has 0 spiro atoms. The molecule has 2 heterocycles. The van der Waals surface area contributed by atoms with Gasteiger partial charge in [0, 0.05) is 23.7 Å². The van der Waals surface area contributed by atoms with Gasteiger partial charge >= 0.3 is 0 Å². The number of hydrogen-bond donors (Lipinski definition) is 1. The Bertz CT molecular complexity index is 1320. The molecule has 1 aliphatic carbocycles. The van der Waals surface area contributed by atoms with Gasteiger partial charge in [0.05, 0.1) is 12.6 Å². The number of tetrazole rings is 1. The van der Waals surface area contributed by atoms with E-state index in [0.29, 0.717) is 19.1 Å². The van der Waals surface area contributed by atoms with Crippen molar-refractivity contribution in [2.24, 2.45) is 0 Å². The summed E-state index contributed by atoms with van der Waals surface area (Å²) in [6.07, 6.45) is 6.88. The zero-order valence-electron chi connectivity index (χ0n) is 20.7. The molecule has 1 atom stereocenters. The Morgan fingerprint density at radius 3 is 2.66 bits per heavy atom. The smallest absolute Gasteiger partial charge is 0.252 e. The largest absolute Gasteiger partial charge is 0.322 e. The zero-order chi connectivity index (χ0) is 24.2. The third-order valence-electron chi connectivity index (χ3n) is 7.29. The number of aryl methyl sites for hydroxylation is 1. The maximum atomic E-state index is 13.1. The van der Waals surface area contributed by atoms with Crippen molar-refractivity contribution in [1.29, 1.82) is 0 Å². The summed E-state index contributed by atoms with van der Waals surface area (Å²) in [6, 6.07) is 19.0. The lowest BCUT2D eigenvalue weighted by atomic mass is 9.92. The van der Waals surface area contributed by atoms with Gasteiger partial charge in [-0.15, -0.1) is 5.10 Å². The summed E-state index contributed by atoms with van der Waals surface area (Å²) in [6.45, 7) is 5.45. The molecule has 0 radical (unpaired) electrons. The highest BCUT2D eigenvalue weighted by Crippen LogP contribution is 2.33. The van der Waals surface area contributed by atoms with Gasteiger partial charge in [0.15, 0.2) is 5.82 Å². The van der Waals surface area contributed by atoms with Crippen LogP contribution < -0.4 is 5.56 Å². The zero-order valence-corrected chi connectivity index (χ0v) is 20.7. The highest BCUT2D eigenvalue weighted by atomic mass is 16.1. The predicted octanol–water partition coefficient (Wildman–Crippen LogP) is 5.16. The van der Waals surface area contributed by atoms with Crippen LogP contribution in [0.4, 0.5) is 0 Å². The lowest BCUT2D eigenvalue weighted by molar-refractivity contribution is 0.0844. The second kappa shape index (κ2) is 10.5. The molecule has 182 valence electrons. The summed E-state index contributed by atoms with van der Waals surface area (Å²) in [4.78, 5) is 18.8. The quantitative estimate of drug-likeness (QED) is 0.385.